The zero-order valence-electron chi connectivity index (χ0n) is 13.4. The Morgan fingerprint density at radius 3 is 2.44 bits per heavy atom. The molecule has 1 rings (SSSR count). The molecule has 0 aromatic carbocycles. The van der Waals surface area contributed by atoms with E-state index in [9.17, 15) is 0 Å². The molecule has 1 fully saturated rings. The van der Waals surface area contributed by atoms with Crippen molar-refractivity contribution in [1.29, 1.82) is 0 Å². The van der Waals surface area contributed by atoms with Gasteiger partial charge in [-0.2, -0.15) is 0 Å². The quantitative estimate of drug-likeness (QED) is 0.780. The van der Waals surface area contributed by atoms with Crippen LogP contribution in [-0.4, -0.2) is 37.1 Å². The van der Waals surface area contributed by atoms with Crippen LogP contribution in [0.15, 0.2) is 0 Å². The van der Waals surface area contributed by atoms with Gasteiger partial charge in [0.25, 0.3) is 0 Å². The van der Waals surface area contributed by atoms with E-state index in [0.717, 1.165) is 24.4 Å². The summed E-state index contributed by atoms with van der Waals surface area (Å²) in [5.41, 5.74) is 0.255. The molecule has 108 valence electrons. The van der Waals surface area contributed by atoms with Crippen molar-refractivity contribution in [1.82, 2.24) is 10.2 Å². The highest BCUT2D eigenvalue weighted by Gasteiger charge is 2.25. The molecular weight excluding hydrogens is 220 g/mol. The highest BCUT2D eigenvalue weighted by atomic mass is 15.2. The summed E-state index contributed by atoms with van der Waals surface area (Å²) in [6, 6.07) is 0.752. The van der Waals surface area contributed by atoms with Gasteiger partial charge in [0, 0.05) is 18.1 Å². The molecule has 2 nitrogen and oxygen atoms in total. The molecule has 1 N–H and O–H groups in total. The summed E-state index contributed by atoms with van der Waals surface area (Å²) in [4.78, 5) is 2.31. The Bertz CT molecular complexity index is 233. The Morgan fingerprint density at radius 2 is 1.89 bits per heavy atom. The van der Waals surface area contributed by atoms with Gasteiger partial charge in [-0.05, 0) is 59.0 Å². The van der Waals surface area contributed by atoms with Crippen LogP contribution >= 0.6 is 0 Å². The minimum absolute atomic E-state index is 0.255. The molecule has 0 aromatic rings. The molecule has 1 saturated carbocycles. The van der Waals surface area contributed by atoms with Crippen LogP contribution in [0.1, 0.15) is 59.8 Å². The Labute approximate surface area is 115 Å². The van der Waals surface area contributed by atoms with E-state index in [1.807, 2.05) is 0 Å². The Morgan fingerprint density at radius 1 is 1.22 bits per heavy atom. The van der Waals surface area contributed by atoms with E-state index in [0.29, 0.717) is 0 Å². The van der Waals surface area contributed by atoms with Gasteiger partial charge in [0.1, 0.15) is 0 Å². The molecule has 0 heterocycles. The van der Waals surface area contributed by atoms with Crippen molar-refractivity contribution in [3.8, 4) is 0 Å². The number of likely N-dealkylation sites (N-methyl/N-ethyl adjacent to an activating group) is 1. The lowest BCUT2D eigenvalue weighted by Gasteiger charge is -2.37. The van der Waals surface area contributed by atoms with Gasteiger partial charge >= 0.3 is 0 Å². The predicted octanol–water partition coefficient (Wildman–Crippen LogP) is 3.52. The van der Waals surface area contributed by atoms with Crippen LogP contribution in [0.5, 0.6) is 0 Å². The highest BCUT2D eigenvalue weighted by molar-refractivity contribution is 4.85. The van der Waals surface area contributed by atoms with Crippen LogP contribution in [0, 0.1) is 11.8 Å². The predicted molar refractivity (Wildman–Crippen MR) is 81.0 cm³/mol. The number of rotatable bonds is 6. The van der Waals surface area contributed by atoms with Crippen molar-refractivity contribution in [2.45, 2.75) is 71.4 Å². The maximum atomic E-state index is 3.80. The van der Waals surface area contributed by atoms with Crippen LogP contribution in [0.2, 0.25) is 0 Å². The molecule has 0 spiro atoms. The third-order valence-electron chi connectivity index (χ3n) is 4.62. The van der Waals surface area contributed by atoms with Gasteiger partial charge in [-0.25, -0.2) is 0 Å². The first-order chi connectivity index (χ1) is 8.31. The normalized spacial score (nSPS) is 26.0. The lowest BCUT2D eigenvalue weighted by Crippen LogP contribution is -2.50. The molecular formula is C16H34N2. The summed E-state index contributed by atoms with van der Waals surface area (Å²) in [7, 11) is 4.34. The smallest absolute Gasteiger partial charge is 0.0271 e. The minimum atomic E-state index is 0.255. The van der Waals surface area contributed by atoms with Crippen LogP contribution < -0.4 is 5.32 Å². The third-order valence-corrected chi connectivity index (χ3v) is 4.62. The average Bonchev–Trinajstić information content (AvgIpc) is 2.26. The second-order valence-corrected chi connectivity index (χ2v) is 7.45. The van der Waals surface area contributed by atoms with E-state index in [-0.39, 0.29) is 5.54 Å². The number of hydrogen-bond acceptors (Lipinski definition) is 2. The summed E-state index contributed by atoms with van der Waals surface area (Å²) >= 11 is 0. The lowest BCUT2D eigenvalue weighted by molar-refractivity contribution is 0.169. The summed E-state index contributed by atoms with van der Waals surface area (Å²) in [5, 5.41) is 3.80. The lowest BCUT2D eigenvalue weighted by atomic mass is 9.81. The van der Waals surface area contributed by atoms with Gasteiger partial charge in [0.15, 0.2) is 0 Å². The summed E-state index contributed by atoms with van der Waals surface area (Å²) < 4.78 is 0. The monoisotopic (exact) mass is 254 g/mol. The molecule has 0 aromatic heterocycles. The van der Waals surface area contributed by atoms with Gasteiger partial charge in [0.2, 0.25) is 0 Å². The van der Waals surface area contributed by atoms with E-state index in [4.69, 9.17) is 0 Å². The van der Waals surface area contributed by atoms with Crippen molar-refractivity contribution in [3.63, 3.8) is 0 Å². The third kappa shape index (κ3) is 5.27. The second-order valence-electron chi connectivity index (χ2n) is 7.45. The van der Waals surface area contributed by atoms with Crippen LogP contribution in [0.3, 0.4) is 0 Å². The topological polar surface area (TPSA) is 15.3 Å². The fourth-order valence-corrected chi connectivity index (χ4v) is 2.91. The maximum Gasteiger partial charge on any atom is 0.0271 e. The second kappa shape index (κ2) is 6.91. The van der Waals surface area contributed by atoms with Gasteiger partial charge in [-0.1, -0.05) is 26.7 Å². The molecule has 0 amide bonds. The van der Waals surface area contributed by atoms with Gasteiger partial charge < -0.3 is 10.2 Å². The van der Waals surface area contributed by atoms with Gasteiger partial charge in [0.05, 0.1) is 0 Å². The first kappa shape index (κ1) is 16.0. The molecule has 18 heavy (non-hydrogen) atoms. The Kier molecular flexibility index (Phi) is 6.13. The fourth-order valence-electron chi connectivity index (χ4n) is 2.91. The molecule has 0 bridgehead atoms. The largest absolute Gasteiger partial charge is 0.312 e. The van der Waals surface area contributed by atoms with Crippen molar-refractivity contribution >= 4 is 0 Å². The number of nitrogens with one attached hydrogen (secondary N) is 1. The summed E-state index contributed by atoms with van der Waals surface area (Å²) in [6.45, 7) is 10.4. The fraction of sp³-hybridized carbons (Fsp3) is 1.00. The Balaban J connectivity index is 2.34. The highest BCUT2D eigenvalue weighted by Crippen LogP contribution is 2.29. The summed E-state index contributed by atoms with van der Waals surface area (Å²) in [5.74, 6) is 1.81. The van der Waals surface area contributed by atoms with Crippen LogP contribution in [0.25, 0.3) is 0 Å². The van der Waals surface area contributed by atoms with Crippen molar-refractivity contribution in [2.75, 3.05) is 20.6 Å². The molecule has 0 aliphatic heterocycles. The molecule has 0 radical (unpaired) electrons. The molecule has 2 heteroatoms. The zero-order chi connectivity index (χ0) is 13.8. The first-order valence-corrected chi connectivity index (χ1v) is 7.72. The van der Waals surface area contributed by atoms with Crippen molar-refractivity contribution in [2.24, 2.45) is 11.8 Å². The molecule has 2 unspecified atom stereocenters. The average molecular weight is 254 g/mol. The first-order valence-electron chi connectivity index (χ1n) is 7.72. The molecule has 2 atom stereocenters. The number of hydrogen-bond donors (Lipinski definition) is 1. The maximum absolute atomic E-state index is 3.80. The Hall–Kier alpha value is -0.0800. The molecule has 1 aliphatic carbocycles. The van der Waals surface area contributed by atoms with E-state index < -0.39 is 0 Å². The SMILES string of the molecule is CC(C)CC1CCCC(NCC(C)(C)N(C)C)C1. The van der Waals surface area contributed by atoms with Crippen LogP contribution in [0.4, 0.5) is 0 Å². The zero-order valence-corrected chi connectivity index (χ0v) is 13.4. The minimum Gasteiger partial charge on any atom is -0.312 e. The molecule has 0 saturated heterocycles. The van der Waals surface area contributed by atoms with Gasteiger partial charge in [-0.3, -0.25) is 0 Å². The van der Waals surface area contributed by atoms with E-state index >= 15 is 0 Å². The summed E-state index contributed by atoms with van der Waals surface area (Å²) in [6.07, 6.45) is 7.04. The number of nitrogens with zero attached hydrogens (tertiary/aromatic N) is 1. The van der Waals surface area contributed by atoms with Gasteiger partial charge in [-0.15, -0.1) is 0 Å². The van der Waals surface area contributed by atoms with E-state index in [2.05, 4.69) is 52.0 Å². The van der Waals surface area contributed by atoms with E-state index in [1.165, 1.54) is 32.1 Å². The van der Waals surface area contributed by atoms with Crippen LogP contribution in [-0.2, 0) is 0 Å². The molecule has 1 aliphatic rings. The van der Waals surface area contributed by atoms with E-state index in [1.54, 1.807) is 0 Å². The van der Waals surface area contributed by atoms with Crippen molar-refractivity contribution in [3.05, 3.63) is 0 Å². The standard InChI is InChI=1S/C16H34N2/c1-13(2)10-14-8-7-9-15(11-14)17-12-16(3,4)18(5)6/h13-15,17H,7-12H2,1-6H3. The van der Waals surface area contributed by atoms with Crippen molar-refractivity contribution < 1.29 is 0 Å².